The molecular formula is C11H7BrClNO. The van der Waals surface area contributed by atoms with E-state index in [0.29, 0.717) is 5.56 Å². The van der Waals surface area contributed by atoms with Crippen LogP contribution in [-0.2, 0) is 0 Å². The molecule has 0 unspecified atom stereocenters. The SMILES string of the molecule is CC(=O)c1cc2cccc(Br)c2nc1Cl. The molecule has 0 fully saturated rings. The van der Waals surface area contributed by atoms with Gasteiger partial charge in [0.15, 0.2) is 5.78 Å². The summed E-state index contributed by atoms with van der Waals surface area (Å²) in [6.07, 6.45) is 0. The lowest BCUT2D eigenvalue weighted by Crippen LogP contribution is -1.96. The molecule has 0 atom stereocenters. The Labute approximate surface area is 100 Å². The highest BCUT2D eigenvalue weighted by molar-refractivity contribution is 9.10. The van der Waals surface area contributed by atoms with Crippen molar-refractivity contribution in [3.63, 3.8) is 0 Å². The quantitative estimate of drug-likeness (QED) is 0.588. The van der Waals surface area contributed by atoms with E-state index in [2.05, 4.69) is 20.9 Å². The highest BCUT2D eigenvalue weighted by Gasteiger charge is 2.09. The highest BCUT2D eigenvalue weighted by Crippen LogP contribution is 2.26. The first kappa shape index (κ1) is 10.6. The Morgan fingerprint density at radius 1 is 1.47 bits per heavy atom. The van der Waals surface area contributed by atoms with E-state index in [9.17, 15) is 4.79 Å². The summed E-state index contributed by atoms with van der Waals surface area (Å²) < 4.78 is 0.872. The average Bonchev–Trinajstić information content (AvgIpc) is 2.18. The van der Waals surface area contributed by atoms with Crippen LogP contribution in [-0.4, -0.2) is 10.8 Å². The fraction of sp³-hybridized carbons (Fsp3) is 0.0909. The van der Waals surface area contributed by atoms with Gasteiger partial charge in [0, 0.05) is 9.86 Å². The number of para-hydroxylation sites is 1. The van der Waals surface area contributed by atoms with Crippen LogP contribution in [0.15, 0.2) is 28.7 Å². The fourth-order valence-electron chi connectivity index (χ4n) is 1.39. The third-order valence-electron chi connectivity index (χ3n) is 2.13. The predicted molar refractivity (Wildman–Crippen MR) is 64.5 cm³/mol. The molecule has 1 aromatic carbocycles. The molecule has 2 nitrogen and oxygen atoms in total. The van der Waals surface area contributed by atoms with E-state index in [1.165, 1.54) is 6.92 Å². The molecule has 76 valence electrons. The zero-order chi connectivity index (χ0) is 11.0. The maximum absolute atomic E-state index is 11.3. The third kappa shape index (κ3) is 1.90. The Kier molecular flexibility index (Phi) is 2.76. The number of hydrogen-bond donors (Lipinski definition) is 0. The van der Waals surface area contributed by atoms with E-state index < -0.39 is 0 Å². The molecule has 0 saturated heterocycles. The zero-order valence-corrected chi connectivity index (χ0v) is 10.3. The molecule has 0 aliphatic rings. The van der Waals surface area contributed by atoms with E-state index >= 15 is 0 Å². The van der Waals surface area contributed by atoms with Crippen LogP contribution in [0.4, 0.5) is 0 Å². The van der Waals surface area contributed by atoms with Gasteiger partial charge in [0.25, 0.3) is 0 Å². The van der Waals surface area contributed by atoms with Crippen molar-refractivity contribution in [2.24, 2.45) is 0 Å². The van der Waals surface area contributed by atoms with Gasteiger partial charge in [0.2, 0.25) is 0 Å². The Morgan fingerprint density at radius 3 is 2.87 bits per heavy atom. The second-order valence-electron chi connectivity index (χ2n) is 3.19. The van der Waals surface area contributed by atoms with Crippen LogP contribution in [0.3, 0.4) is 0 Å². The molecule has 2 rings (SSSR count). The molecule has 15 heavy (non-hydrogen) atoms. The largest absolute Gasteiger partial charge is 0.294 e. The van der Waals surface area contributed by atoms with E-state index in [1.54, 1.807) is 6.07 Å². The van der Waals surface area contributed by atoms with Crippen molar-refractivity contribution in [2.75, 3.05) is 0 Å². The summed E-state index contributed by atoms with van der Waals surface area (Å²) in [7, 11) is 0. The monoisotopic (exact) mass is 283 g/mol. The summed E-state index contributed by atoms with van der Waals surface area (Å²) in [5, 5.41) is 1.15. The number of rotatable bonds is 1. The van der Waals surface area contributed by atoms with Crippen LogP contribution in [0.1, 0.15) is 17.3 Å². The number of carbonyl (C=O) groups excluding carboxylic acids is 1. The number of fused-ring (bicyclic) bond motifs is 1. The maximum atomic E-state index is 11.3. The van der Waals surface area contributed by atoms with Gasteiger partial charge in [-0.15, -0.1) is 0 Å². The van der Waals surface area contributed by atoms with Gasteiger partial charge in [-0.3, -0.25) is 4.79 Å². The van der Waals surface area contributed by atoms with Gasteiger partial charge in [-0.2, -0.15) is 0 Å². The Hall–Kier alpha value is -0.930. The van der Waals surface area contributed by atoms with Gasteiger partial charge in [0.1, 0.15) is 5.15 Å². The third-order valence-corrected chi connectivity index (χ3v) is 3.06. The fourth-order valence-corrected chi connectivity index (χ4v) is 2.13. The smallest absolute Gasteiger partial charge is 0.162 e. The standard InChI is InChI=1S/C11H7BrClNO/c1-6(15)8-5-7-3-2-4-9(12)10(7)14-11(8)13/h2-5H,1H3. The van der Waals surface area contributed by atoms with Crippen molar-refractivity contribution in [2.45, 2.75) is 6.92 Å². The molecule has 0 aliphatic carbocycles. The lowest BCUT2D eigenvalue weighted by Gasteiger charge is -2.04. The van der Waals surface area contributed by atoms with Crippen molar-refractivity contribution in [1.29, 1.82) is 0 Å². The van der Waals surface area contributed by atoms with Gasteiger partial charge < -0.3 is 0 Å². The summed E-state index contributed by atoms with van der Waals surface area (Å²) in [6, 6.07) is 7.44. The number of ketones is 1. The van der Waals surface area contributed by atoms with Gasteiger partial charge in [-0.1, -0.05) is 23.7 Å². The summed E-state index contributed by atoms with van der Waals surface area (Å²) >= 11 is 9.30. The lowest BCUT2D eigenvalue weighted by atomic mass is 10.1. The molecule has 0 amide bonds. The van der Waals surface area contributed by atoms with Crippen molar-refractivity contribution in [3.8, 4) is 0 Å². The van der Waals surface area contributed by atoms with E-state index in [-0.39, 0.29) is 10.9 Å². The van der Waals surface area contributed by atoms with Gasteiger partial charge in [-0.25, -0.2) is 4.98 Å². The van der Waals surface area contributed by atoms with Crippen LogP contribution >= 0.6 is 27.5 Å². The first-order valence-corrected chi connectivity index (χ1v) is 5.52. The molecular weight excluding hydrogens is 277 g/mol. The van der Waals surface area contributed by atoms with Crippen LogP contribution in [0, 0.1) is 0 Å². The van der Waals surface area contributed by atoms with E-state index in [0.717, 1.165) is 15.4 Å². The maximum Gasteiger partial charge on any atom is 0.162 e. The predicted octanol–water partition coefficient (Wildman–Crippen LogP) is 3.85. The van der Waals surface area contributed by atoms with Gasteiger partial charge >= 0.3 is 0 Å². The van der Waals surface area contributed by atoms with Crippen LogP contribution in [0.5, 0.6) is 0 Å². The van der Waals surface area contributed by atoms with Gasteiger partial charge in [0.05, 0.1) is 11.1 Å². The lowest BCUT2D eigenvalue weighted by molar-refractivity contribution is 0.101. The van der Waals surface area contributed by atoms with Crippen LogP contribution < -0.4 is 0 Å². The van der Waals surface area contributed by atoms with Crippen molar-refractivity contribution in [1.82, 2.24) is 4.98 Å². The summed E-state index contributed by atoms with van der Waals surface area (Å²) in [4.78, 5) is 15.5. The molecule has 0 bridgehead atoms. The van der Waals surface area contributed by atoms with Crippen molar-refractivity contribution >= 4 is 44.2 Å². The molecule has 0 radical (unpaired) electrons. The normalized spacial score (nSPS) is 10.6. The topological polar surface area (TPSA) is 30.0 Å². The van der Waals surface area contributed by atoms with E-state index in [4.69, 9.17) is 11.6 Å². The highest BCUT2D eigenvalue weighted by atomic mass is 79.9. The molecule has 0 aliphatic heterocycles. The average molecular weight is 285 g/mol. The summed E-state index contributed by atoms with van der Waals surface area (Å²) in [6.45, 7) is 1.48. The van der Waals surface area contributed by atoms with Crippen molar-refractivity contribution < 1.29 is 4.79 Å². The minimum Gasteiger partial charge on any atom is -0.294 e. The second-order valence-corrected chi connectivity index (χ2v) is 4.41. The minimum absolute atomic E-state index is 0.0747. The summed E-state index contributed by atoms with van der Waals surface area (Å²) in [5.74, 6) is -0.0747. The number of nitrogens with zero attached hydrogens (tertiary/aromatic N) is 1. The van der Waals surface area contributed by atoms with Crippen LogP contribution in [0.25, 0.3) is 10.9 Å². The van der Waals surface area contributed by atoms with Crippen LogP contribution in [0.2, 0.25) is 5.15 Å². The number of hydrogen-bond acceptors (Lipinski definition) is 2. The summed E-state index contributed by atoms with van der Waals surface area (Å²) in [5.41, 5.74) is 1.23. The van der Waals surface area contributed by atoms with E-state index in [1.807, 2.05) is 18.2 Å². The molecule has 4 heteroatoms. The number of halogens is 2. The number of Topliss-reactive ketones (excluding diaryl/α,β-unsaturated/α-hetero) is 1. The van der Waals surface area contributed by atoms with Crippen molar-refractivity contribution in [3.05, 3.63) is 39.5 Å². The molecule has 0 spiro atoms. The van der Waals surface area contributed by atoms with Gasteiger partial charge in [-0.05, 0) is 35.0 Å². The molecule has 1 aromatic heterocycles. The minimum atomic E-state index is -0.0747. The Bertz CT molecular complexity index is 554. The number of aromatic nitrogens is 1. The second kappa shape index (κ2) is 3.91. The first-order valence-electron chi connectivity index (χ1n) is 4.35. The Morgan fingerprint density at radius 2 is 2.20 bits per heavy atom. The Balaban J connectivity index is 2.82. The molecule has 2 aromatic rings. The first-order chi connectivity index (χ1) is 7.09. The number of benzene rings is 1. The molecule has 1 heterocycles. The number of carbonyl (C=O) groups is 1. The molecule has 0 saturated carbocycles. The zero-order valence-electron chi connectivity index (χ0n) is 7.92. The molecule has 0 N–H and O–H groups in total. The number of pyridine rings is 1.